The zero-order valence-electron chi connectivity index (χ0n) is 7.81. The Bertz CT molecular complexity index is 422. The van der Waals surface area contributed by atoms with Crippen LogP contribution in [0, 0.1) is 0 Å². The van der Waals surface area contributed by atoms with E-state index in [4.69, 9.17) is 11.6 Å². The maximum absolute atomic E-state index is 5.98. The van der Waals surface area contributed by atoms with Crippen molar-refractivity contribution in [1.29, 1.82) is 0 Å². The van der Waals surface area contributed by atoms with Crippen molar-refractivity contribution in [3.63, 3.8) is 0 Å². The van der Waals surface area contributed by atoms with Gasteiger partial charge in [-0.15, -0.1) is 0 Å². The molecule has 2 aromatic rings. The van der Waals surface area contributed by atoms with Gasteiger partial charge in [0.2, 0.25) is 0 Å². The van der Waals surface area contributed by atoms with Crippen LogP contribution >= 0.6 is 11.6 Å². The van der Waals surface area contributed by atoms with Crippen molar-refractivity contribution in [2.75, 3.05) is 0 Å². The molecule has 0 aliphatic rings. The molecule has 0 radical (unpaired) electrons. The van der Waals surface area contributed by atoms with Gasteiger partial charge in [-0.1, -0.05) is 11.6 Å². The Morgan fingerprint density at radius 3 is 2.71 bits per heavy atom. The van der Waals surface area contributed by atoms with Crippen molar-refractivity contribution >= 4 is 11.6 Å². The molecule has 0 unspecified atom stereocenters. The van der Waals surface area contributed by atoms with Crippen LogP contribution < -0.4 is 0 Å². The van der Waals surface area contributed by atoms with Crippen molar-refractivity contribution in [2.45, 2.75) is 13.5 Å². The molecule has 72 valence electrons. The minimum Gasteiger partial charge on any atom is -0.315 e. The molecule has 4 heteroatoms. The van der Waals surface area contributed by atoms with Gasteiger partial charge in [-0.3, -0.25) is 4.98 Å². The quantitative estimate of drug-likeness (QED) is 0.758. The largest absolute Gasteiger partial charge is 0.315 e. The second-order valence-corrected chi connectivity index (χ2v) is 3.27. The van der Waals surface area contributed by atoms with Gasteiger partial charge in [0.05, 0.1) is 6.20 Å². The van der Waals surface area contributed by atoms with Crippen molar-refractivity contribution in [3.05, 3.63) is 35.9 Å². The number of halogens is 1. The molecule has 0 saturated heterocycles. The lowest BCUT2D eigenvalue weighted by molar-refractivity contribution is 0.771. The maximum Gasteiger partial charge on any atom is 0.141 e. The van der Waals surface area contributed by atoms with E-state index in [1.165, 1.54) is 0 Å². The molecule has 0 fully saturated rings. The van der Waals surface area contributed by atoms with Crippen LogP contribution in [0.2, 0.25) is 5.15 Å². The highest BCUT2D eigenvalue weighted by molar-refractivity contribution is 6.29. The summed E-state index contributed by atoms with van der Waals surface area (Å²) < 4.78 is 1.96. The van der Waals surface area contributed by atoms with Crippen LogP contribution in [-0.2, 0) is 6.54 Å². The molecule has 2 rings (SSSR count). The molecule has 2 aromatic heterocycles. The second kappa shape index (κ2) is 3.80. The van der Waals surface area contributed by atoms with Crippen LogP contribution in [0.15, 0.2) is 30.7 Å². The van der Waals surface area contributed by atoms with E-state index in [0.717, 1.165) is 17.9 Å². The minimum absolute atomic E-state index is 0.666. The van der Waals surface area contributed by atoms with Crippen LogP contribution in [0.3, 0.4) is 0 Å². The number of aromatic nitrogens is 3. The second-order valence-electron chi connectivity index (χ2n) is 2.88. The predicted molar refractivity (Wildman–Crippen MR) is 56.1 cm³/mol. The van der Waals surface area contributed by atoms with Crippen LogP contribution in [0.5, 0.6) is 0 Å². The first-order valence-corrected chi connectivity index (χ1v) is 4.82. The third-order valence-corrected chi connectivity index (χ3v) is 2.36. The Balaban J connectivity index is 2.52. The molecule has 14 heavy (non-hydrogen) atoms. The summed E-state index contributed by atoms with van der Waals surface area (Å²) in [5.41, 5.74) is 1.04. The van der Waals surface area contributed by atoms with Crippen LogP contribution in [-0.4, -0.2) is 14.5 Å². The van der Waals surface area contributed by atoms with Gasteiger partial charge in [0, 0.05) is 24.5 Å². The van der Waals surface area contributed by atoms with Gasteiger partial charge < -0.3 is 4.57 Å². The van der Waals surface area contributed by atoms with Gasteiger partial charge in [0.15, 0.2) is 0 Å². The van der Waals surface area contributed by atoms with E-state index >= 15 is 0 Å². The Kier molecular flexibility index (Phi) is 2.50. The van der Waals surface area contributed by atoms with Gasteiger partial charge >= 0.3 is 0 Å². The van der Waals surface area contributed by atoms with E-state index in [0.29, 0.717) is 5.15 Å². The summed E-state index contributed by atoms with van der Waals surface area (Å²) in [6, 6.07) is 3.84. The lowest BCUT2D eigenvalue weighted by Crippen LogP contribution is -1.97. The monoisotopic (exact) mass is 207 g/mol. The van der Waals surface area contributed by atoms with E-state index in [-0.39, 0.29) is 0 Å². The van der Waals surface area contributed by atoms with E-state index < -0.39 is 0 Å². The van der Waals surface area contributed by atoms with Crippen molar-refractivity contribution in [3.8, 4) is 11.4 Å². The van der Waals surface area contributed by atoms with Crippen molar-refractivity contribution in [2.24, 2.45) is 0 Å². The highest BCUT2D eigenvalue weighted by atomic mass is 35.5. The van der Waals surface area contributed by atoms with E-state index in [2.05, 4.69) is 9.97 Å². The van der Waals surface area contributed by atoms with Gasteiger partial charge in [-0.05, 0) is 19.1 Å². The number of rotatable bonds is 2. The molecule has 0 aromatic carbocycles. The standard InChI is InChI=1S/C10H10ClN3/c1-2-14-9(11)7-13-10(14)8-3-5-12-6-4-8/h3-7H,2H2,1H3. The number of imidazole rings is 1. The maximum atomic E-state index is 5.98. The average Bonchev–Trinajstić information content (AvgIpc) is 2.61. The lowest BCUT2D eigenvalue weighted by atomic mass is 10.2. The highest BCUT2D eigenvalue weighted by Gasteiger charge is 2.07. The zero-order chi connectivity index (χ0) is 9.97. The molecule has 0 aliphatic carbocycles. The number of pyridine rings is 1. The first-order valence-electron chi connectivity index (χ1n) is 4.44. The molecule has 0 N–H and O–H groups in total. The van der Waals surface area contributed by atoms with E-state index in [1.807, 2.05) is 23.6 Å². The SMILES string of the molecule is CCn1c(Cl)cnc1-c1ccncc1. The summed E-state index contributed by atoms with van der Waals surface area (Å²) in [7, 11) is 0. The van der Waals surface area contributed by atoms with Crippen LogP contribution in [0.25, 0.3) is 11.4 Å². The first kappa shape index (κ1) is 9.21. The number of hydrogen-bond acceptors (Lipinski definition) is 2. The molecule has 0 amide bonds. The number of hydrogen-bond donors (Lipinski definition) is 0. The van der Waals surface area contributed by atoms with Crippen LogP contribution in [0.4, 0.5) is 0 Å². The molecule has 0 aliphatic heterocycles. The Hall–Kier alpha value is -1.35. The normalized spacial score (nSPS) is 10.4. The Morgan fingerprint density at radius 2 is 2.07 bits per heavy atom. The van der Waals surface area contributed by atoms with E-state index in [9.17, 15) is 0 Å². The summed E-state index contributed by atoms with van der Waals surface area (Å²) in [5, 5.41) is 0.666. The molecular formula is C10H10ClN3. The zero-order valence-corrected chi connectivity index (χ0v) is 8.57. The van der Waals surface area contributed by atoms with Crippen molar-refractivity contribution < 1.29 is 0 Å². The third kappa shape index (κ3) is 1.51. The molecule has 0 saturated carbocycles. The van der Waals surface area contributed by atoms with E-state index in [1.54, 1.807) is 18.6 Å². The molecular weight excluding hydrogens is 198 g/mol. The lowest BCUT2D eigenvalue weighted by Gasteiger charge is -2.04. The average molecular weight is 208 g/mol. The summed E-state index contributed by atoms with van der Waals surface area (Å²) in [6.07, 6.45) is 5.16. The van der Waals surface area contributed by atoms with Gasteiger partial charge in [-0.2, -0.15) is 0 Å². The van der Waals surface area contributed by atoms with Gasteiger partial charge in [0.1, 0.15) is 11.0 Å². The Morgan fingerprint density at radius 1 is 1.36 bits per heavy atom. The smallest absolute Gasteiger partial charge is 0.141 e. The minimum atomic E-state index is 0.666. The third-order valence-electron chi connectivity index (χ3n) is 2.06. The summed E-state index contributed by atoms with van der Waals surface area (Å²) >= 11 is 5.98. The highest BCUT2D eigenvalue weighted by Crippen LogP contribution is 2.21. The summed E-state index contributed by atoms with van der Waals surface area (Å²) in [6.45, 7) is 2.86. The number of nitrogens with zero attached hydrogens (tertiary/aromatic N) is 3. The Labute approximate surface area is 87.4 Å². The molecule has 0 bridgehead atoms. The predicted octanol–water partition coefficient (Wildman–Crippen LogP) is 2.62. The van der Waals surface area contributed by atoms with Gasteiger partial charge in [0.25, 0.3) is 0 Å². The topological polar surface area (TPSA) is 30.7 Å². The molecule has 0 atom stereocenters. The summed E-state index contributed by atoms with van der Waals surface area (Å²) in [5.74, 6) is 0.889. The van der Waals surface area contributed by atoms with Crippen molar-refractivity contribution in [1.82, 2.24) is 14.5 Å². The molecule has 0 spiro atoms. The molecule has 2 heterocycles. The van der Waals surface area contributed by atoms with Gasteiger partial charge in [-0.25, -0.2) is 4.98 Å². The summed E-state index contributed by atoms with van der Waals surface area (Å²) in [4.78, 5) is 8.22. The fourth-order valence-corrected chi connectivity index (χ4v) is 1.64. The van der Waals surface area contributed by atoms with Crippen LogP contribution in [0.1, 0.15) is 6.92 Å². The molecule has 3 nitrogen and oxygen atoms in total. The fourth-order valence-electron chi connectivity index (χ4n) is 1.39. The fraction of sp³-hybridized carbons (Fsp3) is 0.200. The first-order chi connectivity index (χ1) is 6.83.